The molecule has 0 radical (unpaired) electrons. The lowest BCUT2D eigenvalue weighted by Crippen LogP contribution is -2.26. The van der Waals surface area contributed by atoms with Crippen molar-refractivity contribution in [3.63, 3.8) is 0 Å². The van der Waals surface area contributed by atoms with Gasteiger partial charge in [-0.15, -0.1) is 16.4 Å². The van der Waals surface area contributed by atoms with E-state index in [0.717, 1.165) is 10.7 Å². The first-order valence-corrected chi connectivity index (χ1v) is 8.98. The molecule has 0 bridgehead atoms. The number of carbonyl (C=O) groups excluding carboxylic acids is 1. The fourth-order valence-corrected chi connectivity index (χ4v) is 3.28. The summed E-state index contributed by atoms with van der Waals surface area (Å²) in [6, 6.07) is 4.15. The Morgan fingerprint density at radius 3 is 2.81 bits per heavy atom. The number of hydrogen-bond acceptors (Lipinski definition) is 6. The number of carbonyl (C=O) groups is 1. The summed E-state index contributed by atoms with van der Waals surface area (Å²) < 4.78 is 15.4. The number of nitrogens with zero attached hydrogens (tertiary/aromatic N) is 5. The average molecular weight is 374 g/mol. The molecule has 7 nitrogen and oxygen atoms in total. The number of rotatable bonds is 5. The van der Waals surface area contributed by atoms with Gasteiger partial charge in [0, 0.05) is 23.8 Å². The molecule has 3 rings (SSSR count). The molecule has 0 unspecified atom stereocenters. The highest BCUT2D eigenvalue weighted by atomic mass is 32.1. The molecule has 0 aliphatic heterocycles. The maximum Gasteiger partial charge on any atom is 0.254 e. The second-order valence-corrected chi connectivity index (χ2v) is 7.74. The monoisotopic (exact) mass is 374 g/mol. The highest BCUT2D eigenvalue weighted by Gasteiger charge is 2.18. The van der Waals surface area contributed by atoms with Crippen LogP contribution in [0, 0.1) is 5.82 Å². The summed E-state index contributed by atoms with van der Waals surface area (Å²) in [7, 11) is 0. The second-order valence-electron chi connectivity index (χ2n) is 6.80. The van der Waals surface area contributed by atoms with E-state index in [2.05, 4.69) is 46.6 Å². The first kappa shape index (κ1) is 18.1. The van der Waals surface area contributed by atoms with Gasteiger partial charge in [0.1, 0.15) is 12.1 Å². The summed E-state index contributed by atoms with van der Waals surface area (Å²) >= 11 is 1.57. The smallest absolute Gasteiger partial charge is 0.254 e. The molecule has 26 heavy (non-hydrogen) atoms. The van der Waals surface area contributed by atoms with Crippen molar-refractivity contribution in [2.45, 2.75) is 32.6 Å². The largest absolute Gasteiger partial charge is 0.352 e. The minimum absolute atomic E-state index is 0.00220. The van der Waals surface area contributed by atoms with Crippen LogP contribution in [0.4, 0.5) is 4.39 Å². The molecule has 1 aromatic carbocycles. The zero-order chi connectivity index (χ0) is 18.7. The second kappa shape index (κ2) is 7.28. The molecular weight excluding hydrogens is 355 g/mol. The third kappa shape index (κ3) is 4.10. The van der Waals surface area contributed by atoms with Crippen LogP contribution >= 0.6 is 11.3 Å². The highest BCUT2D eigenvalue weighted by molar-refractivity contribution is 7.09. The molecule has 0 aliphatic rings. The first-order chi connectivity index (χ1) is 12.3. The van der Waals surface area contributed by atoms with E-state index in [4.69, 9.17) is 0 Å². The molecule has 136 valence electrons. The van der Waals surface area contributed by atoms with Crippen molar-refractivity contribution in [2.24, 2.45) is 0 Å². The van der Waals surface area contributed by atoms with Crippen LogP contribution in [-0.2, 0) is 11.8 Å². The van der Waals surface area contributed by atoms with E-state index in [1.54, 1.807) is 11.3 Å². The third-order valence-corrected chi connectivity index (χ3v) is 4.66. The van der Waals surface area contributed by atoms with Crippen LogP contribution in [0.5, 0.6) is 0 Å². The number of benzene rings is 1. The molecule has 2 heterocycles. The van der Waals surface area contributed by atoms with Gasteiger partial charge in [-0.3, -0.25) is 4.79 Å². The van der Waals surface area contributed by atoms with E-state index < -0.39 is 11.7 Å². The molecular formula is C17H19FN6OS. The van der Waals surface area contributed by atoms with Crippen LogP contribution in [0.1, 0.15) is 41.8 Å². The Kier molecular flexibility index (Phi) is 5.08. The maximum atomic E-state index is 14.0. The SMILES string of the molecule is CC(C)(C)c1csc(CCNC(=O)c2cc(-n3cnnn3)ccc2F)n1. The third-order valence-electron chi connectivity index (χ3n) is 3.75. The van der Waals surface area contributed by atoms with Crippen molar-refractivity contribution in [3.05, 3.63) is 52.0 Å². The number of hydrogen-bond donors (Lipinski definition) is 1. The standard InChI is InChI=1S/C17H19FN6OS/c1-17(2,3)14-9-26-15(21-14)6-7-19-16(25)12-8-11(4-5-13(12)18)24-10-20-22-23-24/h4-5,8-10H,6-7H2,1-3H3,(H,19,25). The van der Waals surface area contributed by atoms with Gasteiger partial charge in [-0.25, -0.2) is 14.1 Å². The quantitative estimate of drug-likeness (QED) is 0.742. The molecule has 3 aromatic rings. The van der Waals surface area contributed by atoms with Gasteiger partial charge in [0.25, 0.3) is 5.91 Å². The Balaban J connectivity index is 1.63. The van der Waals surface area contributed by atoms with Crippen LogP contribution in [0.2, 0.25) is 0 Å². The van der Waals surface area contributed by atoms with Crippen LogP contribution in [0.15, 0.2) is 29.9 Å². The predicted molar refractivity (Wildman–Crippen MR) is 96.0 cm³/mol. The van der Waals surface area contributed by atoms with E-state index in [-0.39, 0.29) is 11.0 Å². The minimum atomic E-state index is -0.594. The van der Waals surface area contributed by atoms with Gasteiger partial charge >= 0.3 is 0 Å². The molecule has 0 saturated heterocycles. The fraction of sp³-hybridized carbons (Fsp3) is 0.353. The summed E-state index contributed by atoms with van der Waals surface area (Å²) in [6.07, 6.45) is 1.98. The molecule has 0 atom stereocenters. The average Bonchev–Trinajstić information content (AvgIpc) is 3.26. The van der Waals surface area contributed by atoms with Gasteiger partial charge in [0.05, 0.1) is 22.0 Å². The minimum Gasteiger partial charge on any atom is -0.352 e. The molecule has 2 aromatic heterocycles. The van der Waals surface area contributed by atoms with Crippen LogP contribution in [0.25, 0.3) is 5.69 Å². The van der Waals surface area contributed by atoms with Gasteiger partial charge in [0.2, 0.25) is 0 Å². The Labute approximate surface area is 154 Å². The van der Waals surface area contributed by atoms with Gasteiger partial charge in [-0.05, 0) is 28.6 Å². The molecule has 9 heteroatoms. The van der Waals surface area contributed by atoms with E-state index >= 15 is 0 Å². The summed E-state index contributed by atoms with van der Waals surface area (Å²) in [5.41, 5.74) is 1.49. The van der Waals surface area contributed by atoms with E-state index in [0.29, 0.717) is 18.7 Å². The molecule has 1 N–H and O–H groups in total. The lowest BCUT2D eigenvalue weighted by molar-refractivity contribution is 0.0950. The van der Waals surface area contributed by atoms with Crippen molar-refractivity contribution in [1.29, 1.82) is 0 Å². The topological polar surface area (TPSA) is 85.6 Å². The van der Waals surface area contributed by atoms with Crippen LogP contribution < -0.4 is 5.32 Å². The van der Waals surface area contributed by atoms with Crippen molar-refractivity contribution < 1.29 is 9.18 Å². The molecule has 0 fully saturated rings. The van der Waals surface area contributed by atoms with Crippen molar-refractivity contribution in [3.8, 4) is 5.69 Å². The number of aromatic nitrogens is 5. The lowest BCUT2D eigenvalue weighted by Gasteiger charge is -2.14. The van der Waals surface area contributed by atoms with E-state index in [1.165, 1.54) is 29.2 Å². The first-order valence-electron chi connectivity index (χ1n) is 8.10. The summed E-state index contributed by atoms with van der Waals surface area (Å²) in [5.74, 6) is -1.08. The lowest BCUT2D eigenvalue weighted by atomic mass is 9.93. The number of tetrazole rings is 1. The molecule has 0 aliphatic carbocycles. The van der Waals surface area contributed by atoms with Crippen molar-refractivity contribution in [2.75, 3.05) is 6.54 Å². The Hall–Kier alpha value is -2.68. The normalized spacial score (nSPS) is 11.5. The number of amides is 1. The highest BCUT2D eigenvalue weighted by Crippen LogP contribution is 2.24. The van der Waals surface area contributed by atoms with Crippen LogP contribution in [0.3, 0.4) is 0 Å². The fourth-order valence-electron chi connectivity index (χ4n) is 2.26. The zero-order valence-electron chi connectivity index (χ0n) is 14.7. The predicted octanol–water partition coefficient (Wildman–Crippen LogP) is 2.53. The molecule has 1 amide bonds. The molecule has 0 spiro atoms. The number of halogens is 1. The van der Waals surface area contributed by atoms with Gasteiger partial charge in [-0.2, -0.15) is 0 Å². The van der Waals surface area contributed by atoms with Crippen molar-refractivity contribution >= 4 is 17.2 Å². The van der Waals surface area contributed by atoms with E-state index in [9.17, 15) is 9.18 Å². The number of nitrogens with one attached hydrogen (secondary N) is 1. The summed E-state index contributed by atoms with van der Waals surface area (Å²) in [4.78, 5) is 16.9. The van der Waals surface area contributed by atoms with Crippen LogP contribution in [-0.4, -0.2) is 37.6 Å². The zero-order valence-corrected chi connectivity index (χ0v) is 15.5. The van der Waals surface area contributed by atoms with Gasteiger partial charge in [-0.1, -0.05) is 20.8 Å². The molecule has 0 saturated carbocycles. The van der Waals surface area contributed by atoms with Gasteiger partial charge < -0.3 is 5.32 Å². The number of thiazole rings is 1. The summed E-state index contributed by atoms with van der Waals surface area (Å²) in [6.45, 7) is 6.69. The summed E-state index contributed by atoms with van der Waals surface area (Å²) in [5, 5.41) is 16.5. The Bertz CT molecular complexity index is 900. The maximum absolute atomic E-state index is 14.0. The Morgan fingerprint density at radius 2 is 2.15 bits per heavy atom. The van der Waals surface area contributed by atoms with Gasteiger partial charge in [0.15, 0.2) is 0 Å². The van der Waals surface area contributed by atoms with E-state index in [1.807, 2.05) is 5.38 Å². The Morgan fingerprint density at radius 1 is 1.35 bits per heavy atom. The van der Waals surface area contributed by atoms with Crippen molar-refractivity contribution in [1.82, 2.24) is 30.5 Å².